The molecule has 1 spiro atoms. The molecule has 4 rings (SSSR count). The van der Waals surface area contributed by atoms with Crippen molar-refractivity contribution < 1.29 is 19.1 Å². The van der Waals surface area contributed by atoms with Gasteiger partial charge in [-0.1, -0.05) is 48.5 Å². The van der Waals surface area contributed by atoms with Gasteiger partial charge in [-0.2, -0.15) is 0 Å². The molecule has 1 unspecified atom stereocenters. The van der Waals surface area contributed by atoms with Gasteiger partial charge in [0.05, 0.1) is 0 Å². The zero-order chi connectivity index (χ0) is 23.5. The molecule has 2 aliphatic heterocycles. The van der Waals surface area contributed by atoms with E-state index in [9.17, 15) is 9.59 Å². The van der Waals surface area contributed by atoms with Crippen LogP contribution in [-0.2, 0) is 16.1 Å². The van der Waals surface area contributed by atoms with Crippen LogP contribution in [0, 0.1) is 5.41 Å². The summed E-state index contributed by atoms with van der Waals surface area (Å²) >= 11 is 0. The molecule has 6 heteroatoms. The first-order valence-corrected chi connectivity index (χ1v) is 11.8. The molecule has 2 fully saturated rings. The Morgan fingerprint density at radius 1 is 1.06 bits per heavy atom. The average Bonchev–Trinajstić information content (AvgIpc) is 2.78. The van der Waals surface area contributed by atoms with Gasteiger partial charge in [0.1, 0.15) is 18.0 Å². The predicted molar refractivity (Wildman–Crippen MR) is 127 cm³/mol. The number of nitrogens with zero attached hydrogens (tertiary/aromatic N) is 1. The molecule has 2 saturated heterocycles. The third-order valence-corrected chi connectivity index (χ3v) is 6.70. The second-order valence-electron chi connectivity index (χ2n) is 10.2. The van der Waals surface area contributed by atoms with Crippen LogP contribution in [0.3, 0.4) is 0 Å². The highest BCUT2D eigenvalue weighted by atomic mass is 16.6. The van der Waals surface area contributed by atoms with Crippen LogP contribution in [0.1, 0.15) is 57.1 Å². The van der Waals surface area contributed by atoms with Crippen LogP contribution in [0.2, 0.25) is 0 Å². The maximum Gasteiger partial charge on any atom is 0.410 e. The molecular weight excluding hydrogens is 416 g/mol. The monoisotopic (exact) mass is 450 g/mol. The molecule has 0 saturated carbocycles. The van der Waals surface area contributed by atoms with Crippen LogP contribution in [0.4, 0.5) is 4.79 Å². The second kappa shape index (κ2) is 9.46. The molecule has 2 aliphatic rings. The van der Waals surface area contributed by atoms with E-state index < -0.39 is 5.60 Å². The Balaban J connectivity index is 1.53. The Kier molecular flexibility index (Phi) is 6.63. The van der Waals surface area contributed by atoms with E-state index in [-0.39, 0.29) is 23.3 Å². The van der Waals surface area contributed by atoms with Gasteiger partial charge in [-0.25, -0.2) is 4.79 Å². The van der Waals surface area contributed by atoms with Gasteiger partial charge in [0.2, 0.25) is 5.91 Å². The zero-order valence-corrected chi connectivity index (χ0v) is 19.8. The van der Waals surface area contributed by atoms with E-state index in [0.717, 1.165) is 29.7 Å². The van der Waals surface area contributed by atoms with Crippen molar-refractivity contribution in [3.63, 3.8) is 0 Å². The van der Waals surface area contributed by atoms with E-state index in [1.165, 1.54) is 0 Å². The summed E-state index contributed by atoms with van der Waals surface area (Å²) in [5.74, 6) is 1.07. The molecule has 1 atom stereocenters. The van der Waals surface area contributed by atoms with Crippen molar-refractivity contribution >= 4 is 12.0 Å². The van der Waals surface area contributed by atoms with Crippen molar-refractivity contribution in [3.05, 3.63) is 65.7 Å². The molecule has 0 aliphatic carbocycles. The Labute approximate surface area is 196 Å². The summed E-state index contributed by atoms with van der Waals surface area (Å²) in [5.41, 5.74) is 1.52. The van der Waals surface area contributed by atoms with Crippen LogP contribution in [0.5, 0.6) is 5.75 Å². The minimum Gasteiger partial charge on any atom is -0.489 e. The highest BCUT2D eigenvalue weighted by Crippen LogP contribution is 2.50. The minimum absolute atomic E-state index is 0.0830. The maximum atomic E-state index is 12.6. The normalized spacial score (nSPS) is 20.3. The molecule has 1 N–H and O–H groups in total. The number of hydrogen-bond acceptors (Lipinski definition) is 4. The zero-order valence-electron chi connectivity index (χ0n) is 19.8. The SMILES string of the molecule is CC(C)(C)OC(=O)N1CCC2(CC1)CC(=O)NCC2c1ccccc1OCc1ccccc1. The number of piperidine rings is 2. The number of nitrogens with one attached hydrogen (secondary N) is 1. The van der Waals surface area contributed by atoms with E-state index in [1.807, 2.05) is 57.2 Å². The van der Waals surface area contributed by atoms with Crippen LogP contribution >= 0.6 is 0 Å². The Morgan fingerprint density at radius 2 is 1.73 bits per heavy atom. The molecule has 2 aromatic carbocycles. The topological polar surface area (TPSA) is 67.9 Å². The van der Waals surface area contributed by atoms with Gasteiger partial charge in [-0.15, -0.1) is 0 Å². The third-order valence-electron chi connectivity index (χ3n) is 6.70. The summed E-state index contributed by atoms with van der Waals surface area (Å²) in [6.45, 7) is 7.89. The molecule has 176 valence electrons. The lowest BCUT2D eigenvalue weighted by Crippen LogP contribution is -2.53. The van der Waals surface area contributed by atoms with Crippen molar-refractivity contribution in [1.29, 1.82) is 0 Å². The summed E-state index contributed by atoms with van der Waals surface area (Å²) in [4.78, 5) is 26.8. The van der Waals surface area contributed by atoms with Crippen molar-refractivity contribution in [2.24, 2.45) is 5.41 Å². The number of amides is 2. The van der Waals surface area contributed by atoms with Gasteiger partial charge in [-0.3, -0.25) is 4.79 Å². The molecule has 2 aromatic rings. The van der Waals surface area contributed by atoms with Crippen molar-refractivity contribution in [3.8, 4) is 5.75 Å². The molecule has 0 bridgehead atoms. The lowest BCUT2D eigenvalue weighted by molar-refractivity contribution is -0.128. The van der Waals surface area contributed by atoms with Gasteiger partial charge < -0.3 is 19.7 Å². The summed E-state index contributed by atoms with van der Waals surface area (Å²) in [5, 5.41) is 3.07. The van der Waals surface area contributed by atoms with Gasteiger partial charge in [0.25, 0.3) is 0 Å². The fourth-order valence-electron chi connectivity index (χ4n) is 5.00. The standard InChI is InChI=1S/C27H34N2O4/c1-26(2,3)33-25(31)29-15-13-27(14-16-29)17-24(30)28-18-22(27)21-11-7-8-12-23(21)32-19-20-9-5-4-6-10-20/h4-12,22H,13-19H2,1-3H3,(H,28,30). The Bertz CT molecular complexity index is 975. The summed E-state index contributed by atoms with van der Waals surface area (Å²) in [6, 6.07) is 18.3. The molecular formula is C27H34N2O4. The van der Waals surface area contributed by atoms with Crippen LogP contribution in [0.15, 0.2) is 54.6 Å². The first-order chi connectivity index (χ1) is 15.8. The summed E-state index contributed by atoms with van der Waals surface area (Å²) in [6.07, 6.45) is 1.71. The number of likely N-dealkylation sites (tertiary alicyclic amines) is 1. The molecule has 2 amide bonds. The number of carbonyl (C=O) groups is 2. The fourth-order valence-corrected chi connectivity index (χ4v) is 5.00. The molecule has 2 heterocycles. The van der Waals surface area contributed by atoms with Crippen molar-refractivity contribution in [1.82, 2.24) is 10.2 Å². The smallest absolute Gasteiger partial charge is 0.410 e. The molecule has 33 heavy (non-hydrogen) atoms. The molecule has 0 radical (unpaired) electrons. The van der Waals surface area contributed by atoms with Crippen molar-refractivity contribution in [2.45, 2.75) is 58.2 Å². The highest BCUT2D eigenvalue weighted by Gasteiger charge is 2.48. The number of carbonyl (C=O) groups excluding carboxylic acids is 2. The Hall–Kier alpha value is -3.02. The first-order valence-electron chi connectivity index (χ1n) is 11.8. The highest BCUT2D eigenvalue weighted by molar-refractivity contribution is 5.78. The second-order valence-corrected chi connectivity index (χ2v) is 10.2. The molecule has 0 aromatic heterocycles. The first kappa shape index (κ1) is 23.1. The van der Waals surface area contributed by atoms with Gasteiger partial charge >= 0.3 is 6.09 Å². The average molecular weight is 451 g/mol. The van der Waals surface area contributed by atoms with Crippen LogP contribution in [-0.4, -0.2) is 42.1 Å². The van der Waals surface area contributed by atoms with E-state index >= 15 is 0 Å². The van der Waals surface area contributed by atoms with E-state index in [2.05, 4.69) is 23.5 Å². The number of ether oxygens (including phenoxy) is 2. The van der Waals surface area contributed by atoms with Crippen LogP contribution < -0.4 is 10.1 Å². The predicted octanol–water partition coefficient (Wildman–Crippen LogP) is 4.89. The van der Waals surface area contributed by atoms with Gasteiger partial charge in [-0.05, 0) is 56.2 Å². The lowest BCUT2D eigenvalue weighted by Gasteiger charge is -2.49. The largest absolute Gasteiger partial charge is 0.489 e. The maximum absolute atomic E-state index is 12.6. The quantitative estimate of drug-likeness (QED) is 0.720. The fraction of sp³-hybridized carbons (Fsp3) is 0.481. The minimum atomic E-state index is -0.519. The summed E-state index contributed by atoms with van der Waals surface area (Å²) in [7, 11) is 0. The van der Waals surface area contributed by atoms with Crippen LogP contribution in [0.25, 0.3) is 0 Å². The number of benzene rings is 2. The lowest BCUT2D eigenvalue weighted by atomic mass is 9.62. The number of rotatable bonds is 4. The van der Waals surface area contributed by atoms with E-state index in [0.29, 0.717) is 32.7 Å². The molecule has 6 nitrogen and oxygen atoms in total. The Morgan fingerprint density at radius 3 is 2.42 bits per heavy atom. The number of hydrogen-bond donors (Lipinski definition) is 1. The number of para-hydroxylation sites is 1. The van der Waals surface area contributed by atoms with E-state index in [1.54, 1.807) is 4.90 Å². The van der Waals surface area contributed by atoms with Crippen molar-refractivity contribution in [2.75, 3.05) is 19.6 Å². The third kappa shape index (κ3) is 5.49. The van der Waals surface area contributed by atoms with E-state index in [4.69, 9.17) is 9.47 Å². The van der Waals surface area contributed by atoms with Gasteiger partial charge in [0.15, 0.2) is 0 Å². The van der Waals surface area contributed by atoms with Gasteiger partial charge in [0, 0.05) is 32.0 Å². The summed E-state index contributed by atoms with van der Waals surface area (Å²) < 4.78 is 11.8.